The number of benzene rings is 2. The van der Waals surface area contributed by atoms with Crippen molar-refractivity contribution in [3.63, 3.8) is 0 Å². The Balaban J connectivity index is 1.52. The lowest BCUT2D eigenvalue weighted by atomic mass is 10.0. The maximum absolute atomic E-state index is 11.5. The van der Waals surface area contributed by atoms with Crippen LogP contribution >= 0.6 is 11.7 Å². The number of sulfone groups is 1. The Morgan fingerprint density at radius 3 is 2.50 bits per heavy atom. The Labute approximate surface area is 145 Å². The van der Waals surface area contributed by atoms with Gasteiger partial charge in [-0.25, -0.2) is 8.42 Å². The predicted molar refractivity (Wildman–Crippen MR) is 96.8 cm³/mol. The summed E-state index contributed by atoms with van der Waals surface area (Å²) in [5, 5.41) is 0. The number of rotatable bonds is 3. The zero-order chi connectivity index (χ0) is 16.6. The third-order valence-electron chi connectivity index (χ3n) is 4.39. The normalized spacial score (nSPS) is 18.0. The number of hydrogen-bond donors (Lipinski definition) is 0. The fraction of sp³-hybridized carbons (Fsp3) is 0.294. The summed E-state index contributed by atoms with van der Waals surface area (Å²) >= 11 is 1.23. The van der Waals surface area contributed by atoms with Crippen LogP contribution in [0.1, 0.15) is 5.56 Å². The van der Waals surface area contributed by atoms with E-state index in [1.807, 2.05) is 12.1 Å². The van der Waals surface area contributed by atoms with Gasteiger partial charge in [0.15, 0.2) is 9.84 Å². The van der Waals surface area contributed by atoms with Gasteiger partial charge < -0.3 is 0 Å². The van der Waals surface area contributed by atoms with Crippen molar-refractivity contribution in [2.45, 2.75) is 6.54 Å². The maximum atomic E-state index is 11.5. The summed E-state index contributed by atoms with van der Waals surface area (Å²) in [6.45, 7) is 2.03. The van der Waals surface area contributed by atoms with Crippen molar-refractivity contribution >= 4 is 32.6 Å². The van der Waals surface area contributed by atoms with E-state index in [9.17, 15) is 8.42 Å². The van der Waals surface area contributed by atoms with Crippen LogP contribution < -0.4 is 0 Å². The van der Waals surface area contributed by atoms with E-state index >= 15 is 0 Å². The molecule has 1 aliphatic rings. The van der Waals surface area contributed by atoms with E-state index in [0.29, 0.717) is 13.1 Å². The molecule has 1 aromatic heterocycles. The molecule has 0 saturated carbocycles. The zero-order valence-corrected chi connectivity index (χ0v) is 14.7. The monoisotopic (exact) mass is 359 g/mol. The molecule has 4 rings (SSSR count). The van der Waals surface area contributed by atoms with Gasteiger partial charge in [0.05, 0.1) is 23.2 Å². The number of fused-ring (bicyclic) bond motifs is 1. The summed E-state index contributed by atoms with van der Waals surface area (Å²) in [6, 6.07) is 14.5. The van der Waals surface area contributed by atoms with Crippen molar-refractivity contribution in [2.75, 3.05) is 24.6 Å². The molecule has 1 saturated heterocycles. The summed E-state index contributed by atoms with van der Waals surface area (Å²) in [5.41, 5.74) is 5.28. The highest BCUT2D eigenvalue weighted by Gasteiger charge is 2.21. The summed E-state index contributed by atoms with van der Waals surface area (Å²) < 4.78 is 31.7. The minimum atomic E-state index is -2.82. The van der Waals surface area contributed by atoms with E-state index in [1.54, 1.807) is 0 Å². The zero-order valence-electron chi connectivity index (χ0n) is 13.1. The smallest absolute Gasteiger partial charge is 0.152 e. The average Bonchev–Trinajstić information content (AvgIpc) is 3.06. The molecule has 24 heavy (non-hydrogen) atoms. The summed E-state index contributed by atoms with van der Waals surface area (Å²) in [4.78, 5) is 2.20. The summed E-state index contributed by atoms with van der Waals surface area (Å²) in [6.07, 6.45) is 0. The van der Waals surface area contributed by atoms with Gasteiger partial charge in [-0.1, -0.05) is 36.4 Å². The second-order valence-electron chi connectivity index (χ2n) is 6.06. The van der Waals surface area contributed by atoms with Crippen LogP contribution in [0, 0.1) is 0 Å². The van der Waals surface area contributed by atoms with E-state index in [2.05, 4.69) is 44.0 Å². The first-order valence-electron chi connectivity index (χ1n) is 7.84. The molecule has 0 aliphatic carbocycles. The molecule has 3 aromatic rings. The van der Waals surface area contributed by atoms with Gasteiger partial charge in [0, 0.05) is 25.2 Å². The van der Waals surface area contributed by atoms with Crippen LogP contribution in [0.5, 0.6) is 0 Å². The third-order valence-corrected chi connectivity index (χ3v) is 6.55. The highest BCUT2D eigenvalue weighted by Crippen LogP contribution is 2.27. The van der Waals surface area contributed by atoms with Gasteiger partial charge in [-0.2, -0.15) is 8.75 Å². The fourth-order valence-electron chi connectivity index (χ4n) is 3.00. The minimum absolute atomic E-state index is 0.268. The lowest BCUT2D eigenvalue weighted by Crippen LogP contribution is -2.39. The van der Waals surface area contributed by atoms with Crippen molar-refractivity contribution in [2.24, 2.45) is 0 Å². The standard InChI is InChI=1S/C17H17N3O2S2/c21-24(22)10-8-20(9-11-24)12-13-4-6-14(7-5-13)15-2-1-3-16-17(15)19-23-18-16/h1-7H,8-12H2. The molecule has 0 bridgehead atoms. The van der Waals surface area contributed by atoms with Gasteiger partial charge in [0.25, 0.3) is 0 Å². The van der Waals surface area contributed by atoms with Crippen LogP contribution in [-0.4, -0.2) is 46.7 Å². The number of hydrogen-bond acceptors (Lipinski definition) is 6. The molecular weight excluding hydrogens is 342 g/mol. The maximum Gasteiger partial charge on any atom is 0.152 e. The largest absolute Gasteiger partial charge is 0.297 e. The number of nitrogens with zero attached hydrogens (tertiary/aromatic N) is 3. The summed E-state index contributed by atoms with van der Waals surface area (Å²) in [5.74, 6) is 0.536. The van der Waals surface area contributed by atoms with Crippen LogP contribution in [0.15, 0.2) is 42.5 Å². The molecule has 0 amide bonds. The van der Waals surface area contributed by atoms with Crippen LogP contribution in [-0.2, 0) is 16.4 Å². The Hall–Kier alpha value is -1.83. The molecule has 2 heterocycles. The molecule has 7 heteroatoms. The molecule has 5 nitrogen and oxygen atoms in total. The second kappa shape index (κ2) is 6.23. The SMILES string of the molecule is O=S1(=O)CCN(Cc2ccc(-c3cccc4nsnc34)cc2)CC1. The van der Waals surface area contributed by atoms with Gasteiger partial charge in [-0.3, -0.25) is 4.90 Å². The van der Waals surface area contributed by atoms with E-state index < -0.39 is 9.84 Å². The Morgan fingerprint density at radius 2 is 1.75 bits per heavy atom. The molecule has 1 fully saturated rings. The van der Waals surface area contributed by atoms with Crippen molar-refractivity contribution in [1.29, 1.82) is 0 Å². The lowest BCUT2D eigenvalue weighted by Gasteiger charge is -2.26. The molecule has 2 aromatic carbocycles. The minimum Gasteiger partial charge on any atom is -0.297 e. The molecule has 1 aliphatic heterocycles. The first kappa shape index (κ1) is 15.7. The molecule has 0 unspecified atom stereocenters. The van der Waals surface area contributed by atoms with Crippen LogP contribution in [0.4, 0.5) is 0 Å². The molecule has 0 atom stereocenters. The van der Waals surface area contributed by atoms with Crippen molar-refractivity contribution in [1.82, 2.24) is 13.6 Å². The van der Waals surface area contributed by atoms with Gasteiger partial charge in [0.1, 0.15) is 11.0 Å². The van der Waals surface area contributed by atoms with E-state index in [0.717, 1.165) is 28.7 Å². The van der Waals surface area contributed by atoms with Crippen molar-refractivity contribution < 1.29 is 8.42 Å². The van der Waals surface area contributed by atoms with Crippen LogP contribution in [0.2, 0.25) is 0 Å². The fourth-order valence-corrected chi connectivity index (χ4v) is 4.82. The predicted octanol–water partition coefficient (Wildman–Crippen LogP) is 2.59. The van der Waals surface area contributed by atoms with Gasteiger partial charge in [-0.05, 0) is 17.2 Å². The Bertz CT molecular complexity index is 951. The van der Waals surface area contributed by atoms with Gasteiger partial charge in [-0.15, -0.1) is 0 Å². The van der Waals surface area contributed by atoms with E-state index in [4.69, 9.17) is 0 Å². The van der Waals surface area contributed by atoms with Gasteiger partial charge >= 0.3 is 0 Å². The molecule has 0 radical (unpaired) electrons. The molecule has 0 N–H and O–H groups in total. The second-order valence-corrected chi connectivity index (χ2v) is 8.89. The van der Waals surface area contributed by atoms with Crippen molar-refractivity contribution in [3.05, 3.63) is 48.0 Å². The first-order valence-corrected chi connectivity index (χ1v) is 10.4. The third kappa shape index (κ3) is 3.19. The average molecular weight is 359 g/mol. The Kier molecular flexibility index (Phi) is 4.07. The van der Waals surface area contributed by atoms with E-state index in [-0.39, 0.29) is 11.5 Å². The van der Waals surface area contributed by atoms with Gasteiger partial charge in [0.2, 0.25) is 0 Å². The van der Waals surface area contributed by atoms with Crippen LogP contribution in [0.25, 0.3) is 22.2 Å². The lowest BCUT2D eigenvalue weighted by molar-refractivity contribution is 0.287. The highest BCUT2D eigenvalue weighted by molar-refractivity contribution is 7.91. The van der Waals surface area contributed by atoms with Crippen LogP contribution in [0.3, 0.4) is 0 Å². The number of aromatic nitrogens is 2. The summed E-state index contributed by atoms with van der Waals surface area (Å²) in [7, 11) is -2.82. The quantitative estimate of drug-likeness (QED) is 0.719. The molecule has 0 spiro atoms. The highest BCUT2D eigenvalue weighted by atomic mass is 32.2. The van der Waals surface area contributed by atoms with Crippen molar-refractivity contribution in [3.8, 4) is 11.1 Å². The Morgan fingerprint density at radius 1 is 1.00 bits per heavy atom. The molecule has 124 valence electrons. The topological polar surface area (TPSA) is 63.2 Å². The molecular formula is C17H17N3O2S2. The first-order chi connectivity index (χ1) is 11.6. The van der Waals surface area contributed by atoms with E-state index in [1.165, 1.54) is 17.3 Å².